The first-order chi connectivity index (χ1) is 22.8. The Balaban J connectivity index is 1.26. The average molecular weight is 602 g/mol. The molecule has 0 fully saturated rings. The second-order valence-electron chi connectivity index (χ2n) is 12.1. The zero-order valence-corrected chi connectivity index (χ0v) is 25.8. The lowest BCUT2D eigenvalue weighted by Crippen LogP contribution is -1.91. The molecule has 46 heavy (non-hydrogen) atoms. The second kappa shape index (κ2) is 9.90. The number of hydrogen-bond donors (Lipinski definition) is 0. The molecule has 8 aromatic carbocycles. The SMILES string of the molecule is c1ccc(-n2c3ccccc3c3c4ccc(-c5c6ccccc6c(-c6ccc7ccccc7c6)c6ccccc56)cc4sc32)cc1. The molecule has 0 radical (unpaired) electrons. The van der Waals surface area contributed by atoms with Crippen LogP contribution in [0.3, 0.4) is 0 Å². The number of thiophene rings is 1. The Labute approximate surface area is 270 Å². The minimum Gasteiger partial charge on any atom is -0.301 e. The molecule has 0 aliphatic carbocycles. The Morgan fingerprint density at radius 2 is 0.935 bits per heavy atom. The van der Waals surface area contributed by atoms with E-state index in [4.69, 9.17) is 0 Å². The summed E-state index contributed by atoms with van der Waals surface area (Å²) in [5.74, 6) is 0. The van der Waals surface area contributed by atoms with E-state index in [1.165, 1.54) is 91.5 Å². The van der Waals surface area contributed by atoms with Gasteiger partial charge in [0.05, 0.1) is 5.52 Å². The van der Waals surface area contributed by atoms with Crippen molar-refractivity contribution in [2.45, 2.75) is 0 Å². The van der Waals surface area contributed by atoms with Crippen molar-refractivity contribution >= 4 is 74.9 Å². The highest BCUT2D eigenvalue weighted by Crippen LogP contribution is 2.47. The maximum Gasteiger partial charge on any atom is 0.109 e. The third-order valence-electron chi connectivity index (χ3n) is 9.56. The van der Waals surface area contributed by atoms with E-state index >= 15 is 0 Å². The molecule has 0 aliphatic heterocycles. The Bertz CT molecular complexity index is 2740. The minimum atomic E-state index is 1.20. The van der Waals surface area contributed by atoms with Gasteiger partial charge in [0.1, 0.15) is 4.83 Å². The zero-order valence-electron chi connectivity index (χ0n) is 24.9. The minimum absolute atomic E-state index is 1.20. The smallest absolute Gasteiger partial charge is 0.109 e. The highest BCUT2D eigenvalue weighted by atomic mass is 32.1. The van der Waals surface area contributed by atoms with Gasteiger partial charge in [0.2, 0.25) is 0 Å². The summed E-state index contributed by atoms with van der Waals surface area (Å²) in [7, 11) is 0. The van der Waals surface area contributed by atoms with Crippen molar-refractivity contribution in [3.8, 4) is 27.9 Å². The summed E-state index contributed by atoms with van der Waals surface area (Å²) in [6.07, 6.45) is 0. The molecule has 0 spiro atoms. The van der Waals surface area contributed by atoms with Crippen LogP contribution in [0.2, 0.25) is 0 Å². The van der Waals surface area contributed by atoms with Crippen LogP contribution in [0.1, 0.15) is 0 Å². The Morgan fingerprint density at radius 3 is 1.63 bits per heavy atom. The van der Waals surface area contributed by atoms with E-state index < -0.39 is 0 Å². The van der Waals surface area contributed by atoms with Crippen molar-refractivity contribution in [3.05, 3.63) is 164 Å². The monoisotopic (exact) mass is 601 g/mol. The molecule has 1 nitrogen and oxygen atoms in total. The summed E-state index contributed by atoms with van der Waals surface area (Å²) in [5, 5.41) is 11.6. The van der Waals surface area contributed by atoms with Crippen LogP contribution in [0.25, 0.3) is 91.5 Å². The van der Waals surface area contributed by atoms with Crippen LogP contribution in [0.4, 0.5) is 0 Å². The number of fused-ring (bicyclic) bond motifs is 8. The number of rotatable bonds is 3. The number of hydrogen-bond acceptors (Lipinski definition) is 1. The van der Waals surface area contributed by atoms with Gasteiger partial charge < -0.3 is 4.57 Å². The molecule has 0 N–H and O–H groups in total. The fourth-order valence-electron chi connectivity index (χ4n) is 7.58. The molecule has 0 bridgehead atoms. The molecule has 2 heterocycles. The van der Waals surface area contributed by atoms with Gasteiger partial charge in [-0.2, -0.15) is 0 Å². The molecule has 0 saturated heterocycles. The van der Waals surface area contributed by atoms with Gasteiger partial charge in [-0.15, -0.1) is 11.3 Å². The van der Waals surface area contributed by atoms with E-state index in [1.807, 2.05) is 11.3 Å². The third kappa shape index (κ3) is 3.68. The van der Waals surface area contributed by atoms with Crippen molar-refractivity contribution in [1.29, 1.82) is 0 Å². The van der Waals surface area contributed by atoms with Gasteiger partial charge in [-0.1, -0.05) is 133 Å². The van der Waals surface area contributed by atoms with Gasteiger partial charge in [-0.05, 0) is 84.9 Å². The van der Waals surface area contributed by atoms with Crippen LogP contribution in [-0.4, -0.2) is 4.57 Å². The molecular weight excluding hydrogens is 575 g/mol. The topological polar surface area (TPSA) is 4.93 Å². The third-order valence-corrected chi connectivity index (χ3v) is 10.7. The lowest BCUT2D eigenvalue weighted by Gasteiger charge is -2.18. The normalized spacial score (nSPS) is 11.9. The van der Waals surface area contributed by atoms with Crippen LogP contribution in [-0.2, 0) is 0 Å². The van der Waals surface area contributed by atoms with Gasteiger partial charge in [0.25, 0.3) is 0 Å². The average Bonchev–Trinajstić information content (AvgIpc) is 3.64. The second-order valence-corrected chi connectivity index (χ2v) is 13.1. The summed E-state index contributed by atoms with van der Waals surface area (Å²) < 4.78 is 3.74. The van der Waals surface area contributed by atoms with E-state index in [1.54, 1.807) is 0 Å². The molecule has 214 valence electrons. The predicted octanol–water partition coefficient (Wildman–Crippen LogP) is 12.8. The molecule has 0 aliphatic rings. The molecule has 2 heteroatoms. The molecule has 10 aromatic rings. The summed E-state index contributed by atoms with van der Waals surface area (Å²) in [6.45, 7) is 0. The van der Waals surface area contributed by atoms with Gasteiger partial charge in [-0.25, -0.2) is 0 Å². The largest absolute Gasteiger partial charge is 0.301 e. The van der Waals surface area contributed by atoms with E-state index in [2.05, 4.69) is 168 Å². The molecule has 0 saturated carbocycles. The summed E-state index contributed by atoms with van der Waals surface area (Å²) in [6, 6.07) is 60.1. The van der Waals surface area contributed by atoms with E-state index in [-0.39, 0.29) is 0 Å². The molecule has 0 amide bonds. The number of aromatic nitrogens is 1. The van der Waals surface area contributed by atoms with Crippen molar-refractivity contribution in [2.75, 3.05) is 0 Å². The maximum atomic E-state index is 2.43. The molecule has 0 atom stereocenters. The van der Waals surface area contributed by atoms with Gasteiger partial charge in [-0.3, -0.25) is 0 Å². The number of para-hydroxylation sites is 2. The highest BCUT2D eigenvalue weighted by molar-refractivity contribution is 7.25. The standard InChI is InChI=1S/C44H27NS/c1-2-14-32(15-3-1)45-39-21-11-10-20-37(39)43-38-25-24-31(27-40(38)46-44(43)45)42-35-18-8-6-16-33(35)41(34-17-7-9-19-36(34)42)30-23-22-28-12-4-5-13-29(28)26-30/h1-27H. The van der Waals surface area contributed by atoms with E-state index in [0.717, 1.165) is 0 Å². The van der Waals surface area contributed by atoms with E-state index in [0.29, 0.717) is 0 Å². The lowest BCUT2D eigenvalue weighted by atomic mass is 9.85. The lowest BCUT2D eigenvalue weighted by molar-refractivity contribution is 1.19. The number of nitrogens with zero attached hydrogens (tertiary/aromatic N) is 1. The highest BCUT2D eigenvalue weighted by Gasteiger charge is 2.20. The van der Waals surface area contributed by atoms with Crippen LogP contribution < -0.4 is 0 Å². The first-order valence-electron chi connectivity index (χ1n) is 15.8. The van der Waals surface area contributed by atoms with Gasteiger partial charge in [0.15, 0.2) is 0 Å². The van der Waals surface area contributed by atoms with Gasteiger partial charge in [0, 0.05) is 26.5 Å². The molecule has 2 aromatic heterocycles. The Morgan fingerprint density at radius 1 is 0.391 bits per heavy atom. The van der Waals surface area contributed by atoms with Crippen molar-refractivity contribution < 1.29 is 0 Å². The van der Waals surface area contributed by atoms with Crippen LogP contribution in [0.15, 0.2) is 164 Å². The van der Waals surface area contributed by atoms with Crippen molar-refractivity contribution in [2.24, 2.45) is 0 Å². The Hall–Kier alpha value is -5.70. The molecule has 0 unspecified atom stereocenters. The van der Waals surface area contributed by atoms with E-state index in [9.17, 15) is 0 Å². The first kappa shape index (κ1) is 25.6. The summed E-state index contributed by atoms with van der Waals surface area (Å²) >= 11 is 1.89. The van der Waals surface area contributed by atoms with Crippen LogP contribution in [0.5, 0.6) is 0 Å². The predicted molar refractivity (Wildman–Crippen MR) is 200 cm³/mol. The van der Waals surface area contributed by atoms with Crippen LogP contribution in [0, 0.1) is 0 Å². The fourth-order valence-corrected chi connectivity index (χ4v) is 8.87. The van der Waals surface area contributed by atoms with Crippen molar-refractivity contribution in [1.82, 2.24) is 4.57 Å². The summed E-state index contributed by atoms with van der Waals surface area (Å²) in [5.41, 5.74) is 7.55. The Kier molecular flexibility index (Phi) is 5.51. The molecular formula is C44H27NS. The number of benzene rings is 8. The maximum absolute atomic E-state index is 2.43. The zero-order chi connectivity index (χ0) is 30.2. The van der Waals surface area contributed by atoms with Crippen LogP contribution >= 0.6 is 11.3 Å². The molecule has 10 rings (SSSR count). The quantitative estimate of drug-likeness (QED) is 0.178. The van der Waals surface area contributed by atoms with Gasteiger partial charge >= 0.3 is 0 Å². The summed E-state index contributed by atoms with van der Waals surface area (Å²) in [4.78, 5) is 1.29. The first-order valence-corrected chi connectivity index (χ1v) is 16.6. The fraction of sp³-hybridized carbons (Fsp3) is 0. The van der Waals surface area contributed by atoms with Crippen molar-refractivity contribution in [3.63, 3.8) is 0 Å².